The molecule has 398 valence electrons. The normalized spacial score (nSPS) is 17.3. The van der Waals surface area contributed by atoms with Crippen LogP contribution in [0.15, 0.2) is 96.5 Å². The van der Waals surface area contributed by atoms with Gasteiger partial charge in [-0.1, -0.05) is 52.0 Å². The summed E-state index contributed by atoms with van der Waals surface area (Å²) in [6, 6.07) is 25.0. The third-order valence-corrected chi connectivity index (χ3v) is 16.6. The Balaban J connectivity index is 0.741. The minimum atomic E-state index is -0.877. The van der Waals surface area contributed by atoms with E-state index >= 15 is 0 Å². The Morgan fingerprint density at radius 3 is 2.15 bits per heavy atom. The summed E-state index contributed by atoms with van der Waals surface area (Å²) in [6.07, 6.45) is 0.186. The van der Waals surface area contributed by atoms with E-state index < -0.39 is 23.6 Å². The number of nitrogens with one attached hydrogen (secondary N) is 2. The van der Waals surface area contributed by atoms with E-state index in [0.29, 0.717) is 29.9 Å². The molecule has 2 aliphatic rings. The van der Waals surface area contributed by atoms with Gasteiger partial charge in [0.05, 0.1) is 28.2 Å². The predicted octanol–water partition coefficient (Wildman–Crippen LogP) is 8.11. The van der Waals surface area contributed by atoms with Gasteiger partial charge in [-0.3, -0.25) is 29.0 Å². The lowest BCUT2D eigenvalue weighted by atomic mass is 9.85. The van der Waals surface area contributed by atoms with Crippen LogP contribution in [0.1, 0.15) is 87.1 Å². The number of aromatic nitrogens is 1. The fraction of sp³-hybridized carbons (Fsp3) is 0.431. The fourth-order valence-electron chi connectivity index (χ4n) is 9.93. The largest absolute Gasteiger partial charge is 0.508 e. The molecule has 0 aliphatic carbocycles. The molecule has 4 heterocycles. The zero-order chi connectivity index (χ0) is 53.4. The number of piperazine rings is 1. The number of aliphatic hydroxyl groups excluding tert-OH is 1. The number of phenols is 2. The first kappa shape index (κ1) is 55.0. The van der Waals surface area contributed by atoms with E-state index in [1.165, 1.54) is 16.2 Å². The predicted molar refractivity (Wildman–Crippen MR) is 297 cm³/mol. The number of thiazole rings is 1. The number of nitrogens with zero attached hydrogens (tertiary/aromatic N) is 5. The number of carbonyl (C=O) groups excluding carboxylic acids is 4. The fourth-order valence-corrected chi connectivity index (χ4v) is 12.0. The lowest BCUT2D eigenvalue weighted by molar-refractivity contribution is -0.144. The van der Waals surface area contributed by atoms with Gasteiger partial charge in [0.15, 0.2) is 5.78 Å². The average molecular weight is 1060 g/mol. The molecule has 3 amide bonds. The van der Waals surface area contributed by atoms with Crippen molar-refractivity contribution in [1.29, 1.82) is 0 Å². The summed E-state index contributed by atoms with van der Waals surface area (Å²) in [5, 5.41) is 37.6. The highest BCUT2D eigenvalue weighted by Gasteiger charge is 2.44. The van der Waals surface area contributed by atoms with Gasteiger partial charge in [0, 0.05) is 91.3 Å². The monoisotopic (exact) mass is 1060 g/mol. The number of aryl methyl sites for hydroxylation is 1. The topological polar surface area (TPSA) is 188 Å². The van der Waals surface area contributed by atoms with Crippen LogP contribution in [0.3, 0.4) is 0 Å². The Morgan fingerprint density at radius 2 is 1.49 bits per heavy atom. The van der Waals surface area contributed by atoms with E-state index in [0.717, 1.165) is 101 Å². The Hall–Kier alpha value is -6.21. The zero-order valence-electron chi connectivity index (χ0n) is 43.9. The second-order valence-corrected chi connectivity index (χ2v) is 22.7. The van der Waals surface area contributed by atoms with Gasteiger partial charge in [0.25, 0.3) is 0 Å². The molecule has 17 heteroatoms. The minimum absolute atomic E-state index is 0.0188. The quantitative estimate of drug-likeness (QED) is 0.0437. The number of rotatable bonds is 21. The molecule has 2 aromatic heterocycles. The maximum atomic E-state index is 14.2. The van der Waals surface area contributed by atoms with E-state index in [4.69, 9.17) is 4.74 Å². The van der Waals surface area contributed by atoms with Crippen LogP contribution in [0, 0.1) is 12.3 Å². The van der Waals surface area contributed by atoms with Crippen molar-refractivity contribution in [3.8, 4) is 38.1 Å². The van der Waals surface area contributed by atoms with E-state index in [9.17, 15) is 34.5 Å². The Morgan fingerprint density at radius 1 is 0.840 bits per heavy atom. The number of carbonyl (C=O) groups is 4. The van der Waals surface area contributed by atoms with Crippen molar-refractivity contribution in [1.82, 2.24) is 35.2 Å². The van der Waals surface area contributed by atoms with Crippen LogP contribution >= 0.6 is 22.7 Å². The number of hydrogen-bond donors (Lipinski definition) is 5. The maximum absolute atomic E-state index is 14.2. The second kappa shape index (κ2) is 24.6. The first-order valence-corrected chi connectivity index (χ1v) is 27.7. The number of aromatic hydroxyl groups is 2. The molecule has 6 aromatic rings. The van der Waals surface area contributed by atoms with Gasteiger partial charge in [-0.25, -0.2) is 4.98 Å². The van der Waals surface area contributed by atoms with E-state index in [-0.39, 0.29) is 60.4 Å². The molecular weight excluding hydrogens is 987 g/mol. The van der Waals surface area contributed by atoms with Crippen molar-refractivity contribution in [2.45, 2.75) is 85.0 Å². The van der Waals surface area contributed by atoms with Gasteiger partial charge in [-0.15, -0.1) is 22.7 Å². The highest BCUT2D eigenvalue weighted by molar-refractivity contribution is 7.22. The molecular formula is C58H71N7O8S2. The summed E-state index contributed by atoms with van der Waals surface area (Å²) in [7, 11) is 0. The van der Waals surface area contributed by atoms with Gasteiger partial charge >= 0.3 is 0 Å². The maximum Gasteiger partial charge on any atom is 0.246 e. The molecule has 5 N–H and O–H groups in total. The number of benzene rings is 4. The van der Waals surface area contributed by atoms with Crippen molar-refractivity contribution < 1.29 is 39.2 Å². The Bertz CT molecular complexity index is 2910. The number of aliphatic hydroxyl groups is 1. The van der Waals surface area contributed by atoms with Crippen LogP contribution in [0.2, 0.25) is 0 Å². The average Bonchev–Trinajstić information content (AvgIpc) is 4.13. The first-order chi connectivity index (χ1) is 35.9. The number of amides is 3. The van der Waals surface area contributed by atoms with Crippen molar-refractivity contribution in [3.63, 3.8) is 0 Å². The number of ether oxygens (including phenoxy) is 1. The lowest BCUT2D eigenvalue weighted by Crippen LogP contribution is -2.57. The van der Waals surface area contributed by atoms with Gasteiger partial charge in [0.2, 0.25) is 17.7 Å². The molecule has 0 unspecified atom stereocenters. The summed E-state index contributed by atoms with van der Waals surface area (Å²) in [5.74, 6) is -0.0929. The molecule has 15 nitrogen and oxygen atoms in total. The summed E-state index contributed by atoms with van der Waals surface area (Å²) in [4.78, 5) is 70.3. The van der Waals surface area contributed by atoms with Gasteiger partial charge in [0.1, 0.15) is 35.9 Å². The highest BCUT2D eigenvalue weighted by Crippen LogP contribution is 2.42. The third kappa shape index (κ3) is 13.8. The highest BCUT2D eigenvalue weighted by atomic mass is 32.1. The van der Waals surface area contributed by atoms with Crippen molar-refractivity contribution >= 4 is 56.3 Å². The molecule has 0 saturated carbocycles. The van der Waals surface area contributed by atoms with E-state index in [2.05, 4.69) is 37.2 Å². The van der Waals surface area contributed by atoms with E-state index in [1.54, 1.807) is 65.9 Å². The SMILES string of the molecule is CCN(CCOc1ccc(C(=O)c2c(-c3ccc(O)cc3)sc3cc(O)ccc23)cc1)CCN1CCN(CCCC(=O)N[C@H](C(=O)N2C[C@H](O)C[C@H]2C(=O)N[C@@H](C)c2ccc(-c3scnc3C)cc2)C(C)(C)C)CC1. The molecule has 2 fully saturated rings. The van der Waals surface area contributed by atoms with E-state index in [1.807, 2.05) is 76.5 Å². The van der Waals surface area contributed by atoms with Gasteiger partial charge in [-0.2, -0.15) is 0 Å². The number of phenolic OH excluding ortho intramolecular Hbond substituents is 2. The molecule has 0 bridgehead atoms. The van der Waals surface area contributed by atoms with Crippen LogP contribution in [-0.2, 0) is 14.4 Å². The Kier molecular flexibility index (Phi) is 18.1. The van der Waals surface area contributed by atoms with Crippen molar-refractivity contribution in [3.05, 3.63) is 119 Å². The third-order valence-electron chi connectivity index (χ3n) is 14.4. The zero-order valence-corrected chi connectivity index (χ0v) is 45.5. The molecule has 8 rings (SSSR count). The number of likely N-dealkylation sites (N-methyl/N-ethyl adjacent to an activating group) is 1. The van der Waals surface area contributed by atoms with Crippen molar-refractivity contribution in [2.75, 3.05) is 72.1 Å². The molecule has 75 heavy (non-hydrogen) atoms. The number of thiophene rings is 1. The van der Waals surface area contributed by atoms with Crippen LogP contribution in [0.5, 0.6) is 17.2 Å². The standard InChI is InChI=1S/C58H71N7O8S2/c1-7-62(31-32-73-46-21-16-40(17-22-46)52(70)51-47-23-20-44(67)34-49(47)75-54(51)42-14-18-43(66)19-15-42)25-26-64-29-27-63(28-30-64)24-8-9-50(69)61-55(58(4,5)6)57(72)65-35-45(68)33-48(65)56(71)60-37(2)39-10-12-41(13-11-39)53-38(3)59-36-74-53/h10-23,34,36-37,45,48,55,66-68H,7-9,24-33,35H2,1-6H3,(H,60,71)(H,61,69)/t37-,45+,48-,55+/m0/s1. The summed E-state index contributed by atoms with van der Waals surface area (Å²) < 4.78 is 6.94. The molecule has 2 aliphatic heterocycles. The smallest absolute Gasteiger partial charge is 0.246 e. The summed E-state index contributed by atoms with van der Waals surface area (Å²) in [5.41, 5.74) is 6.03. The van der Waals surface area contributed by atoms with Crippen LogP contribution in [-0.4, -0.2) is 154 Å². The second-order valence-electron chi connectivity index (χ2n) is 20.8. The van der Waals surface area contributed by atoms with Crippen LogP contribution in [0.4, 0.5) is 0 Å². The van der Waals surface area contributed by atoms with Crippen LogP contribution in [0.25, 0.3) is 31.0 Å². The summed E-state index contributed by atoms with van der Waals surface area (Å²) >= 11 is 3.01. The van der Waals surface area contributed by atoms with Gasteiger partial charge < -0.3 is 40.5 Å². The Labute approximate surface area is 448 Å². The molecule has 4 atom stereocenters. The molecule has 4 aromatic carbocycles. The molecule has 2 saturated heterocycles. The first-order valence-electron chi connectivity index (χ1n) is 26.0. The molecule has 0 radical (unpaired) electrons. The number of hydrogen-bond acceptors (Lipinski definition) is 14. The number of likely N-dealkylation sites (tertiary alicyclic amines) is 1. The minimum Gasteiger partial charge on any atom is -0.508 e. The number of β-amino-alcohol motifs (C(OH)–C–C–N with tert-alkyl or cyclic N) is 1. The number of fused-ring (bicyclic) bond motifs is 1. The molecule has 0 spiro atoms. The van der Waals surface area contributed by atoms with Gasteiger partial charge in [-0.05, 0) is 122 Å². The van der Waals surface area contributed by atoms with Crippen molar-refractivity contribution in [2.24, 2.45) is 5.41 Å². The lowest BCUT2D eigenvalue weighted by Gasteiger charge is -2.36. The number of ketones is 1. The summed E-state index contributed by atoms with van der Waals surface area (Å²) in [6.45, 7) is 20.2. The van der Waals surface area contributed by atoms with Crippen LogP contribution < -0.4 is 15.4 Å².